The molecule has 94 valence electrons. The lowest BCUT2D eigenvalue weighted by atomic mass is 10.3. The van der Waals surface area contributed by atoms with Crippen LogP contribution in [-0.2, 0) is 9.57 Å². The van der Waals surface area contributed by atoms with Gasteiger partial charge in [0, 0.05) is 13.3 Å². The van der Waals surface area contributed by atoms with Crippen molar-refractivity contribution in [1.82, 2.24) is 10.5 Å². The van der Waals surface area contributed by atoms with Crippen molar-refractivity contribution in [2.45, 2.75) is 0 Å². The molecule has 1 heterocycles. The van der Waals surface area contributed by atoms with Crippen LogP contribution in [0.3, 0.4) is 0 Å². The molecular weight excluding hydrogens is 290 g/mol. The van der Waals surface area contributed by atoms with Crippen LogP contribution in [0.2, 0.25) is 15.1 Å². The first-order valence-electron chi connectivity index (χ1n) is 4.48. The molecule has 1 aromatic rings. The monoisotopic (exact) mass is 298 g/mol. The molecule has 0 spiro atoms. The Hall–Kier alpha value is -0.590. The molecule has 0 aliphatic rings. The van der Waals surface area contributed by atoms with E-state index >= 15 is 0 Å². The number of hydroxylamine groups is 1. The molecule has 0 aliphatic carbocycles. The summed E-state index contributed by atoms with van der Waals surface area (Å²) in [4.78, 5) is 20.1. The van der Waals surface area contributed by atoms with E-state index in [9.17, 15) is 4.79 Å². The molecule has 1 aromatic heterocycles. The number of nitrogens with one attached hydrogen (secondary N) is 1. The van der Waals surface area contributed by atoms with E-state index in [0.717, 1.165) is 0 Å². The summed E-state index contributed by atoms with van der Waals surface area (Å²) in [6.07, 6.45) is 1.24. The van der Waals surface area contributed by atoms with Gasteiger partial charge in [0.1, 0.15) is 0 Å². The second-order valence-corrected chi connectivity index (χ2v) is 4.02. The first-order valence-corrected chi connectivity index (χ1v) is 5.62. The molecule has 0 saturated carbocycles. The number of methoxy groups -OCH3 is 1. The molecule has 1 amide bonds. The van der Waals surface area contributed by atoms with Crippen molar-refractivity contribution in [1.29, 1.82) is 0 Å². The predicted molar refractivity (Wildman–Crippen MR) is 64.6 cm³/mol. The van der Waals surface area contributed by atoms with Crippen LogP contribution in [0.4, 0.5) is 0 Å². The normalized spacial score (nSPS) is 10.4. The van der Waals surface area contributed by atoms with Crippen molar-refractivity contribution in [2.75, 3.05) is 20.3 Å². The predicted octanol–water partition coefficient (Wildman–Crippen LogP) is 2.35. The standard InChI is InChI=1S/C9H9Cl3N2O3/c1-16-2-3-17-14-9(15)8-7(12)6(11)5(10)4-13-8/h4H,2-3H2,1H3,(H,14,15). The van der Waals surface area contributed by atoms with E-state index in [4.69, 9.17) is 44.4 Å². The van der Waals surface area contributed by atoms with E-state index in [-0.39, 0.29) is 27.4 Å². The van der Waals surface area contributed by atoms with Crippen molar-refractivity contribution in [3.63, 3.8) is 0 Å². The second-order valence-electron chi connectivity index (χ2n) is 2.86. The maximum atomic E-state index is 11.6. The highest BCUT2D eigenvalue weighted by Gasteiger charge is 2.16. The molecule has 0 saturated heterocycles. The molecule has 17 heavy (non-hydrogen) atoms. The van der Waals surface area contributed by atoms with Crippen LogP contribution in [0.5, 0.6) is 0 Å². The fourth-order valence-electron chi connectivity index (χ4n) is 0.892. The first-order chi connectivity index (χ1) is 8.07. The lowest BCUT2D eigenvalue weighted by molar-refractivity contribution is 0.00859. The Morgan fingerprint density at radius 2 is 2.06 bits per heavy atom. The van der Waals surface area contributed by atoms with E-state index in [1.165, 1.54) is 13.3 Å². The highest BCUT2D eigenvalue weighted by atomic mass is 35.5. The number of amides is 1. The highest BCUT2D eigenvalue weighted by molar-refractivity contribution is 6.48. The second kappa shape index (κ2) is 6.98. The molecular formula is C9H9Cl3N2O3. The largest absolute Gasteiger partial charge is 0.382 e. The fourth-order valence-corrected chi connectivity index (χ4v) is 1.46. The smallest absolute Gasteiger partial charge is 0.295 e. The number of rotatable bonds is 5. The molecule has 0 fully saturated rings. The third kappa shape index (κ3) is 3.97. The molecule has 0 aliphatic heterocycles. The summed E-state index contributed by atoms with van der Waals surface area (Å²) in [6, 6.07) is 0. The zero-order valence-electron chi connectivity index (χ0n) is 8.80. The van der Waals surface area contributed by atoms with Gasteiger partial charge in [-0.15, -0.1) is 0 Å². The Balaban J connectivity index is 2.66. The molecule has 0 radical (unpaired) electrons. The van der Waals surface area contributed by atoms with Crippen molar-refractivity contribution in [3.8, 4) is 0 Å². The van der Waals surface area contributed by atoms with Gasteiger partial charge < -0.3 is 4.74 Å². The van der Waals surface area contributed by atoms with Gasteiger partial charge in [0.05, 0.1) is 28.3 Å². The van der Waals surface area contributed by atoms with Crippen LogP contribution in [-0.4, -0.2) is 31.2 Å². The van der Waals surface area contributed by atoms with Gasteiger partial charge in [0.15, 0.2) is 5.69 Å². The lowest BCUT2D eigenvalue weighted by Gasteiger charge is -2.07. The minimum Gasteiger partial charge on any atom is -0.382 e. The zero-order chi connectivity index (χ0) is 12.8. The number of aromatic nitrogens is 1. The van der Waals surface area contributed by atoms with Gasteiger partial charge >= 0.3 is 0 Å². The van der Waals surface area contributed by atoms with Crippen LogP contribution in [0, 0.1) is 0 Å². The molecule has 1 N–H and O–H groups in total. The van der Waals surface area contributed by atoms with Gasteiger partial charge in [0.25, 0.3) is 5.91 Å². The molecule has 5 nitrogen and oxygen atoms in total. The fraction of sp³-hybridized carbons (Fsp3) is 0.333. The summed E-state index contributed by atoms with van der Waals surface area (Å²) in [5.41, 5.74) is 2.10. The molecule has 0 bridgehead atoms. The van der Waals surface area contributed by atoms with Crippen molar-refractivity contribution < 1.29 is 14.4 Å². The summed E-state index contributed by atoms with van der Waals surface area (Å²) < 4.78 is 4.73. The van der Waals surface area contributed by atoms with Gasteiger partial charge in [-0.2, -0.15) is 0 Å². The van der Waals surface area contributed by atoms with E-state index < -0.39 is 5.91 Å². The summed E-state index contributed by atoms with van der Waals surface area (Å²) >= 11 is 17.3. The Kier molecular flexibility index (Phi) is 5.94. The Morgan fingerprint density at radius 3 is 2.71 bits per heavy atom. The maximum Gasteiger partial charge on any atom is 0.295 e. The number of hydrogen-bond acceptors (Lipinski definition) is 4. The van der Waals surface area contributed by atoms with E-state index in [2.05, 4.69) is 10.5 Å². The lowest BCUT2D eigenvalue weighted by Crippen LogP contribution is -2.26. The van der Waals surface area contributed by atoms with E-state index in [1.807, 2.05) is 0 Å². The van der Waals surface area contributed by atoms with Gasteiger partial charge in [0.2, 0.25) is 0 Å². The van der Waals surface area contributed by atoms with Crippen molar-refractivity contribution in [3.05, 3.63) is 27.0 Å². The number of nitrogens with zero attached hydrogens (tertiary/aromatic N) is 1. The first kappa shape index (κ1) is 14.5. The topological polar surface area (TPSA) is 60.5 Å². The summed E-state index contributed by atoms with van der Waals surface area (Å²) in [5, 5.41) is 0.228. The molecule has 1 rings (SSSR count). The SMILES string of the molecule is COCCONC(=O)c1ncc(Cl)c(Cl)c1Cl. The quantitative estimate of drug-likeness (QED) is 0.670. The Labute approximate surface area is 113 Å². The van der Waals surface area contributed by atoms with Crippen LogP contribution in [0.15, 0.2) is 6.20 Å². The van der Waals surface area contributed by atoms with Crippen LogP contribution in [0.1, 0.15) is 10.5 Å². The van der Waals surface area contributed by atoms with E-state index in [0.29, 0.717) is 6.61 Å². The van der Waals surface area contributed by atoms with Crippen LogP contribution >= 0.6 is 34.8 Å². The highest BCUT2D eigenvalue weighted by Crippen LogP contribution is 2.30. The Bertz CT molecular complexity index is 415. The zero-order valence-corrected chi connectivity index (χ0v) is 11.1. The number of halogens is 3. The minimum absolute atomic E-state index is 0.0213. The van der Waals surface area contributed by atoms with Crippen molar-refractivity contribution >= 4 is 40.7 Å². The molecule has 0 unspecified atom stereocenters. The maximum absolute atomic E-state index is 11.6. The van der Waals surface area contributed by atoms with Crippen LogP contribution in [0.25, 0.3) is 0 Å². The van der Waals surface area contributed by atoms with E-state index in [1.54, 1.807) is 0 Å². The Morgan fingerprint density at radius 1 is 1.35 bits per heavy atom. The number of carbonyl (C=O) groups is 1. The van der Waals surface area contributed by atoms with Gasteiger partial charge in [-0.3, -0.25) is 9.63 Å². The minimum atomic E-state index is -0.607. The van der Waals surface area contributed by atoms with Gasteiger partial charge in [-0.25, -0.2) is 10.5 Å². The summed E-state index contributed by atoms with van der Waals surface area (Å²) in [7, 11) is 1.52. The summed E-state index contributed by atoms with van der Waals surface area (Å²) in [6.45, 7) is 0.560. The average molecular weight is 300 g/mol. The third-order valence-electron chi connectivity index (χ3n) is 1.69. The average Bonchev–Trinajstić information content (AvgIpc) is 2.31. The number of carbonyl (C=O) groups excluding carboxylic acids is 1. The molecule has 0 atom stereocenters. The molecule has 0 aromatic carbocycles. The third-order valence-corrected chi connectivity index (χ3v) is 2.93. The number of hydrogen-bond donors (Lipinski definition) is 1. The van der Waals surface area contributed by atoms with Gasteiger partial charge in [-0.1, -0.05) is 34.8 Å². The van der Waals surface area contributed by atoms with Crippen LogP contribution < -0.4 is 5.48 Å². The number of ether oxygens (including phenoxy) is 1. The summed E-state index contributed by atoms with van der Waals surface area (Å²) in [5.74, 6) is -0.607. The molecule has 8 heteroatoms. The number of pyridine rings is 1. The van der Waals surface area contributed by atoms with Crippen molar-refractivity contribution in [2.24, 2.45) is 0 Å². The van der Waals surface area contributed by atoms with Gasteiger partial charge in [-0.05, 0) is 0 Å².